The Morgan fingerprint density at radius 3 is 2.50 bits per heavy atom. The molecule has 0 aliphatic rings. The van der Waals surface area contributed by atoms with Gasteiger partial charge in [0.05, 0.1) is 24.2 Å². The third-order valence-electron chi connectivity index (χ3n) is 4.56. The van der Waals surface area contributed by atoms with Gasteiger partial charge in [-0.3, -0.25) is 9.59 Å². The van der Waals surface area contributed by atoms with Crippen molar-refractivity contribution in [2.75, 3.05) is 6.61 Å². The number of hydrogen-bond acceptors (Lipinski definition) is 4. The average molecular weight is 379 g/mol. The van der Waals surface area contributed by atoms with Gasteiger partial charge in [0.2, 0.25) is 5.91 Å². The molecule has 0 radical (unpaired) electrons. The van der Waals surface area contributed by atoms with Crippen molar-refractivity contribution in [3.8, 4) is 5.75 Å². The minimum absolute atomic E-state index is 0.0565. The second kappa shape index (κ2) is 9.17. The average Bonchev–Trinajstić information content (AvgIpc) is 3.08. The molecule has 2 aromatic carbocycles. The van der Waals surface area contributed by atoms with Crippen molar-refractivity contribution in [1.82, 2.24) is 14.9 Å². The topological polar surface area (TPSA) is 73.2 Å². The highest BCUT2D eigenvalue weighted by Gasteiger charge is 2.12. The molecule has 28 heavy (non-hydrogen) atoms. The highest BCUT2D eigenvalue weighted by atomic mass is 16.5. The van der Waals surface area contributed by atoms with Crippen molar-refractivity contribution in [3.63, 3.8) is 0 Å². The van der Waals surface area contributed by atoms with Crippen LogP contribution in [0.3, 0.4) is 0 Å². The number of hydrogen-bond donors (Lipinski definition) is 1. The Balaban J connectivity index is 1.52. The number of ether oxygens (including phenoxy) is 1. The first-order valence-electron chi connectivity index (χ1n) is 9.59. The van der Waals surface area contributed by atoms with E-state index in [1.54, 1.807) is 24.3 Å². The number of Topliss-reactive ketones (excluding diaryl/α,β-unsaturated/α-hetero) is 1. The second-order valence-electron chi connectivity index (χ2n) is 6.42. The van der Waals surface area contributed by atoms with Crippen LogP contribution >= 0.6 is 0 Å². The van der Waals surface area contributed by atoms with Crippen molar-refractivity contribution < 1.29 is 14.3 Å². The van der Waals surface area contributed by atoms with Gasteiger partial charge in [-0.1, -0.05) is 12.1 Å². The van der Waals surface area contributed by atoms with E-state index in [4.69, 9.17) is 4.74 Å². The van der Waals surface area contributed by atoms with Crippen LogP contribution in [-0.2, 0) is 17.9 Å². The van der Waals surface area contributed by atoms with Gasteiger partial charge in [0, 0.05) is 24.9 Å². The third kappa shape index (κ3) is 4.57. The van der Waals surface area contributed by atoms with Crippen LogP contribution in [0.5, 0.6) is 5.75 Å². The number of rotatable bonds is 9. The highest BCUT2D eigenvalue weighted by Crippen LogP contribution is 2.16. The van der Waals surface area contributed by atoms with Gasteiger partial charge in [0.1, 0.15) is 11.6 Å². The van der Waals surface area contributed by atoms with Crippen LogP contribution in [0.25, 0.3) is 11.0 Å². The van der Waals surface area contributed by atoms with Gasteiger partial charge in [0.25, 0.3) is 0 Å². The summed E-state index contributed by atoms with van der Waals surface area (Å²) in [5.74, 6) is 1.33. The van der Waals surface area contributed by atoms with Crippen LogP contribution in [0, 0.1) is 0 Å². The molecule has 3 aromatic rings. The number of fused-ring (bicyclic) bond motifs is 1. The predicted octanol–water partition coefficient (Wildman–Crippen LogP) is 3.73. The number of carbonyl (C=O) groups excluding carboxylic acids is 2. The van der Waals surface area contributed by atoms with Crippen molar-refractivity contribution in [2.24, 2.45) is 0 Å². The minimum atomic E-state index is -0.158. The number of ketones is 1. The zero-order valence-corrected chi connectivity index (χ0v) is 16.3. The molecule has 0 atom stereocenters. The zero-order chi connectivity index (χ0) is 19.9. The van der Waals surface area contributed by atoms with Crippen molar-refractivity contribution >= 4 is 22.7 Å². The molecular formula is C22H25N3O3. The fourth-order valence-corrected chi connectivity index (χ4v) is 3.15. The summed E-state index contributed by atoms with van der Waals surface area (Å²) in [6.07, 6.45) is 0.322. The maximum atomic E-state index is 12.3. The van der Waals surface area contributed by atoms with E-state index in [-0.39, 0.29) is 24.5 Å². The van der Waals surface area contributed by atoms with Crippen LogP contribution in [-0.4, -0.2) is 27.8 Å². The lowest BCUT2D eigenvalue weighted by Crippen LogP contribution is -2.25. The molecule has 1 N–H and O–H groups in total. The van der Waals surface area contributed by atoms with Gasteiger partial charge in [-0.05, 0) is 50.2 Å². The second-order valence-corrected chi connectivity index (χ2v) is 6.42. The van der Waals surface area contributed by atoms with E-state index in [0.29, 0.717) is 18.7 Å². The van der Waals surface area contributed by atoms with Crippen LogP contribution in [0.1, 0.15) is 42.9 Å². The largest absolute Gasteiger partial charge is 0.494 e. The SMILES string of the molecule is CCOc1ccc(C(=O)CCC(=O)NCc2nc3ccccc3n2CC)cc1. The molecule has 6 nitrogen and oxygen atoms in total. The van der Waals surface area contributed by atoms with Crippen LogP contribution in [0.15, 0.2) is 48.5 Å². The summed E-state index contributed by atoms with van der Waals surface area (Å²) in [5, 5.41) is 2.87. The molecule has 0 aliphatic heterocycles. The molecule has 1 amide bonds. The highest BCUT2D eigenvalue weighted by molar-refractivity contribution is 5.98. The quantitative estimate of drug-likeness (QED) is 0.575. The Hall–Kier alpha value is -3.15. The Morgan fingerprint density at radius 1 is 1.04 bits per heavy atom. The van der Waals surface area contributed by atoms with E-state index >= 15 is 0 Å². The Labute approximate surface area is 164 Å². The van der Waals surface area contributed by atoms with Gasteiger partial charge in [-0.25, -0.2) is 4.98 Å². The first kappa shape index (κ1) is 19.6. The monoisotopic (exact) mass is 379 g/mol. The third-order valence-corrected chi connectivity index (χ3v) is 4.56. The first-order chi connectivity index (χ1) is 13.6. The lowest BCUT2D eigenvalue weighted by atomic mass is 10.1. The van der Waals surface area contributed by atoms with E-state index in [0.717, 1.165) is 29.2 Å². The molecule has 0 saturated heterocycles. The number of aryl methyl sites for hydroxylation is 1. The maximum absolute atomic E-state index is 12.3. The number of para-hydroxylation sites is 2. The molecule has 0 bridgehead atoms. The molecule has 3 rings (SSSR count). The lowest BCUT2D eigenvalue weighted by molar-refractivity contribution is -0.121. The molecule has 0 unspecified atom stereocenters. The van der Waals surface area contributed by atoms with Crippen molar-refractivity contribution in [1.29, 1.82) is 0 Å². The molecular weight excluding hydrogens is 354 g/mol. The van der Waals surface area contributed by atoms with Gasteiger partial charge in [-0.2, -0.15) is 0 Å². The molecule has 0 fully saturated rings. The summed E-state index contributed by atoms with van der Waals surface area (Å²) in [4.78, 5) is 29.1. The predicted molar refractivity (Wildman–Crippen MR) is 108 cm³/mol. The fraction of sp³-hybridized carbons (Fsp3) is 0.318. The van der Waals surface area contributed by atoms with Gasteiger partial charge < -0.3 is 14.6 Å². The maximum Gasteiger partial charge on any atom is 0.220 e. The fourth-order valence-electron chi connectivity index (χ4n) is 3.15. The molecule has 0 saturated carbocycles. The smallest absolute Gasteiger partial charge is 0.220 e. The van der Waals surface area contributed by atoms with Crippen molar-refractivity contribution in [2.45, 2.75) is 39.8 Å². The number of aromatic nitrogens is 2. The molecule has 6 heteroatoms. The summed E-state index contributed by atoms with van der Waals surface area (Å²) in [5.41, 5.74) is 2.56. The summed E-state index contributed by atoms with van der Waals surface area (Å²) in [6, 6.07) is 14.9. The van der Waals surface area contributed by atoms with Gasteiger partial charge in [-0.15, -0.1) is 0 Å². The van der Waals surface area contributed by atoms with E-state index in [1.165, 1.54) is 0 Å². The molecule has 0 spiro atoms. The number of amides is 1. The number of imidazole rings is 1. The zero-order valence-electron chi connectivity index (χ0n) is 16.3. The molecule has 0 aliphatic carbocycles. The summed E-state index contributed by atoms with van der Waals surface area (Å²) in [6.45, 7) is 5.67. The van der Waals surface area contributed by atoms with Crippen LogP contribution < -0.4 is 10.1 Å². The Bertz CT molecular complexity index is 961. The van der Waals surface area contributed by atoms with Crippen molar-refractivity contribution in [3.05, 3.63) is 59.9 Å². The summed E-state index contributed by atoms with van der Waals surface area (Å²) in [7, 11) is 0. The number of benzene rings is 2. The normalized spacial score (nSPS) is 10.8. The minimum Gasteiger partial charge on any atom is -0.494 e. The van der Waals surface area contributed by atoms with Crippen LogP contribution in [0.2, 0.25) is 0 Å². The van der Waals surface area contributed by atoms with Gasteiger partial charge >= 0.3 is 0 Å². The van der Waals surface area contributed by atoms with E-state index < -0.39 is 0 Å². The van der Waals surface area contributed by atoms with Gasteiger partial charge in [0.15, 0.2) is 5.78 Å². The summed E-state index contributed by atoms with van der Waals surface area (Å²) < 4.78 is 7.45. The van der Waals surface area contributed by atoms with E-state index in [2.05, 4.69) is 21.8 Å². The lowest BCUT2D eigenvalue weighted by Gasteiger charge is -2.08. The van der Waals surface area contributed by atoms with E-state index in [9.17, 15) is 9.59 Å². The molecule has 1 heterocycles. The standard InChI is InChI=1S/C22H25N3O3/c1-3-25-19-8-6-5-7-18(19)24-21(25)15-23-22(27)14-13-20(26)16-9-11-17(12-10-16)28-4-2/h5-12H,3-4,13-15H2,1-2H3,(H,23,27). The summed E-state index contributed by atoms with van der Waals surface area (Å²) >= 11 is 0. The van der Waals surface area contributed by atoms with E-state index in [1.807, 2.05) is 31.2 Å². The Morgan fingerprint density at radius 2 is 1.79 bits per heavy atom. The Kier molecular flexibility index (Phi) is 6.42. The number of carbonyl (C=O) groups is 2. The molecule has 1 aromatic heterocycles. The number of nitrogens with one attached hydrogen (secondary N) is 1. The first-order valence-corrected chi connectivity index (χ1v) is 9.59. The number of nitrogens with zero attached hydrogens (tertiary/aromatic N) is 2. The molecule has 146 valence electrons. The van der Waals surface area contributed by atoms with Crippen LogP contribution in [0.4, 0.5) is 0 Å².